The van der Waals surface area contributed by atoms with Crippen molar-refractivity contribution < 1.29 is 32.6 Å². The van der Waals surface area contributed by atoms with Gasteiger partial charge in [0.05, 0.1) is 22.1 Å². The van der Waals surface area contributed by atoms with Crippen molar-refractivity contribution in [2.75, 3.05) is 42.3 Å². The van der Waals surface area contributed by atoms with E-state index in [-0.39, 0.29) is 21.9 Å². The summed E-state index contributed by atoms with van der Waals surface area (Å²) in [6, 6.07) is 29.7. The average molecular weight is 671 g/mol. The third-order valence-electron chi connectivity index (χ3n) is 8.14. The van der Waals surface area contributed by atoms with Crippen molar-refractivity contribution >= 4 is 39.2 Å². The minimum Gasteiger partial charge on any atom is -0.480 e. The van der Waals surface area contributed by atoms with Gasteiger partial charge in [0, 0.05) is 38.4 Å². The summed E-state index contributed by atoms with van der Waals surface area (Å²) in [7, 11) is -4.13. The van der Waals surface area contributed by atoms with E-state index in [9.17, 15) is 22.8 Å². The summed E-state index contributed by atoms with van der Waals surface area (Å²) >= 11 is 0. The number of carboxylic acids is 1. The average Bonchev–Trinajstić information content (AvgIpc) is 3.09. The van der Waals surface area contributed by atoms with E-state index >= 15 is 0 Å². The van der Waals surface area contributed by atoms with Crippen LogP contribution in [-0.2, 0) is 26.2 Å². The van der Waals surface area contributed by atoms with Crippen molar-refractivity contribution in [1.29, 1.82) is 0 Å². The van der Waals surface area contributed by atoms with E-state index in [0.717, 1.165) is 44.0 Å². The maximum absolute atomic E-state index is 13.2. The van der Waals surface area contributed by atoms with E-state index in [1.807, 2.05) is 37.3 Å². The molecule has 1 heterocycles. The van der Waals surface area contributed by atoms with Crippen LogP contribution in [-0.4, -0.2) is 69.0 Å². The Hall–Kier alpha value is -5.20. The molecule has 1 amide bonds. The van der Waals surface area contributed by atoms with Gasteiger partial charge in [0.2, 0.25) is 0 Å². The second kappa shape index (κ2) is 15.6. The molecule has 3 N–H and O–H groups in total. The molecule has 1 aliphatic heterocycles. The van der Waals surface area contributed by atoms with E-state index in [1.54, 1.807) is 6.07 Å². The van der Waals surface area contributed by atoms with Crippen LogP contribution in [0.15, 0.2) is 108 Å². The lowest BCUT2D eigenvalue weighted by Gasteiger charge is -2.36. The molecule has 1 fully saturated rings. The number of benzene rings is 4. The number of ether oxygens (including phenoxy) is 1. The lowest BCUT2D eigenvalue weighted by atomic mass is 9.96. The molecular weight excluding hydrogens is 632 g/mol. The number of amides is 1. The molecule has 11 nitrogen and oxygen atoms in total. The molecule has 0 aliphatic carbocycles. The zero-order valence-electron chi connectivity index (χ0n) is 26.5. The Kier molecular flexibility index (Phi) is 11.1. The quantitative estimate of drug-likeness (QED) is 0.136. The number of carbonyl (C=O) groups is 3. The number of esters is 1. The Morgan fingerprint density at radius 1 is 0.833 bits per heavy atom. The fraction of sp³-hybridized carbons (Fsp3) is 0.250. The Morgan fingerprint density at radius 3 is 2.12 bits per heavy atom. The van der Waals surface area contributed by atoms with Gasteiger partial charge in [0.1, 0.15) is 12.3 Å². The van der Waals surface area contributed by atoms with E-state index in [1.165, 1.54) is 48.0 Å². The molecule has 1 saturated heterocycles. The van der Waals surface area contributed by atoms with Crippen molar-refractivity contribution in [1.82, 2.24) is 10.2 Å². The van der Waals surface area contributed by atoms with Crippen LogP contribution >= 0.6 is 0 Å². The number of rotatable bonds is 13. The molecule has 12 heteroatoms. The first-order chi connectivity index (χ1) is 23.1. The zero-order valence-corrected chi connectivity index (χ0v) is 27.4. The Labute approximate surface area is 280 Å². The highest BCUT2D eigenvalue weighted by Gasteiger charge is 2.24. The van der Waals surface area contributed by atoms with Crippen LogP contribution in [0.3, 0.4) is 0 Å². The summed E-state index contributed by atoms with van der Waals surface area (Å²) in [6.45, 7) is 6.01. The predicted octanol–water partition coefficient (Wildman–Crippen LogP) is 4.72. The normalized spacial score (nSPS) is 14.1. The molecule has 1 atom stereocenters. The fourth-order valence-electron chi connectivity index (χ4n) is 5.56. The predicted molar refractivity (Wildman–Crippen MR) is 183 cm³/mol. The summed E-state index contributed by atoms with van der Waals surface area (Å²) in [5.74, 6) is -2.73. The molecule has 0 aromatic heterocycles. The molecule has 0 saturated carbocycles. The number of piperazine rings is 1. The van der Waals surface area contributed by atoms with Crippen molar-refractivity contribution in [3.8, 4) is 5.75 Å². The lowest BCUT2D eigenvalue weighted by Crippen LogP contribution is -2.45. The van der Waals surface area contributed by atoms with Gasteiger partial charge in [-0.05, 0) is 66.1 Å². The molecule has 1 aliphatic rings. The highest BCUT2D eigenvalue weighted by atomic mass is 32.2. The number of para-hydroxylation sites is 1. The summed E-state index contributed by atoms with van der Waals surface area (Å²) in [5, 5.41) is 11.0. The SMILES string of the molecule is CCC(C(=O)Oc1ccc(S(=O)(=O)Nc2ccccc2C(=O)NCC(=O)O)cc1)c1ccc(N2CCN(Cc3ccccc3)CC2)cc1. The monoisotopic (exact) mass is 670 g/mol. The maximum atomic E-state index is 13.2. The van der Waals surface area contributed by atoms with Crippen LogP contribution in [0.1, 0.15) is 40.7 Å². The highest BCUT2D eigenvalue weighted by Crippen LogP contribution is 2.27. The molecular formula is C36H38N4O7S. The minimum atomic E-state index is -4.13. The van der Waals surface area contributed by atoms with Crippen molar-refractivity contribution in [2.45, 2.75) is 30.7 Å². The first kappa shape index (κ1) is 34.1. The Bertz CT molecular complexity index is 1820. The van der Waals surface area contributed by atoms with E-state index in [4.69, 9.17) is 9.84 Å². The number of nitrogens with zero attached hydrogens (tertiary/aromatic N) is 2. The first-order valence-electron chi connectivity index (χ1n) is 15.7. The van der Waals surface area contributed by atoms with Gasteiger partial charge in [-0.25, -0.2) is 8.42 Å². The third-order valence-corrected chi connectivity index (χ3v) is 9.52. The van der Waals surface area contributed by atoms with Gasteiger partial charge < -0.3 is 20.1 Å². The van der Waals surface area contributed by atoms with Gasteiger partial charge in [-0.2, -0.15) is 0 Å². The molecule has 4 aromatic carbocycles. The maximum Gasteiger partial charge on any atom is 0.322 e. The van der Waals surface area contributed by atoms with Crippen molar-refractivity contribution in [3.63, 3.8) is 0 Å². The van der Waals surface area contributed by atoms with Crippen LogP contribution in [0.2, 0.25) is 0 Å². The van der Waals surface area contributed by atoms with E-state index < -0.39 is 40.3 Å². The summed E-state index contributed by atoms with van der Waals surface area (Å²) in [4.78, 5) is 41.1. The second-order valence-corrected chi connectivity index (χ2v) is 13.1. The number of sulfonamides is 1. The molecule has 0 bridgehead atoms. The molecule has 48 heavy (non-hydrogen) atoms. The summed E-state index contributed by atoms with van der Waals surface area (Å²) in [6.07, 6.45) is 0.520. The topological polar surface area (TPSA) is 145 Å². The second-order valence-electron chi connectivity index (χ2n) is 11.4. The van der Waals surface area contributed by atoms with Gasteiger partial charge >= 0.3 is 11.9 Å². The van der Waals surface area contributed by atoms with Crippen LogP contribution in [0, 0.1) is 0 Å². The number of carboxylic acid groups (broad SMARTS) is 1. The van der Waals surface area contributed by atoms with Crippen molar-refractivity contribution in [2.24, 2.45) is 0 Å². The van der Waals surface area contributed by atoms with Crippen LogP contribution in [0.4, 0.5) is 11.4 Å². The molecule has 0 spiro atoms. The highest BCUT2D eigenvalue weighted by molar-refractivity contribution is 7.92. The number of anilines is 2. The van der Waals surface area contributed by atoms with E-state index in [0.29, 0.717) is 6.42 Å². The Morgan fingerprint density at radius 2 is 1.48 bits per heavy atom. The van der Waals surface area contributed by atoms with Gasteiger partial charge in [0.25, 0.3) is 15.9 Å². The third kappa shape index (κ3) is 8.78. The molecule has 0 radical (unpaired) electrons. The summed E-state index contributed by atoms with van der Waals surface area (Å²) < 4.78 is 34.2. The number of carbonyl (C=O) groups excluding carboxylic acids is 2. The lowest BCUT2D eigenvalue weighted by molar-refractivity contribution is -0.137. The van der Waals surface area contributed by atoms with Gasteiger partial charge in [-0.15, -0.1) is 0 Å². The first-order valence-corrected chi connectivity index (χ1v) is 17.2. The standard InChI is InChI=1S/C36H38N4O7S/c1-2-31(27-12-14-28(15-13-27)40-22-20-39(21-23-40)25-26-8-4-3-5-9-26)36(44)47-29-16-18-30(19-17-29)48(45,46)38-33-11-7-6-10-32(33)35(43)37-24-34(41)42/h3-19,31,38H,2,20-25H2,1H3,(H,37,43)(H,41,42). The molecule has 1 unspecified atom stereocenters. The van der Waals surface area contributed by atoms with E-state index in [2.05, 4.69) is 44.1 Å². The fourth-order valence-corrected chi connectivity index (χ4v) is 6.64. The summed E-state index contributed by atoms with van der Waals surface area (Å²) in [5.41, 5.74) is 3.21. The van der Waals surface area contributed by atoms with Crippen LogP contribution in [0.5, 0.6) is 5.75 Å². The van der Waals surface area contributed by atoms with Gasteiger partial charge in [0.15, 0.2) is 0 Å². The van der Waals surface area contributed by atoms with Gasteiger partial charge in [-0.3, -0.25) is 24.0 Å². The van der Waals surface area contributed by atoms with Crippen molar-refractivity contribution in [3.05, 3.63) is 120 Å². The van der Waals surface area contributed by atoms with Gasteiger partial charge in [-0.1, -0.05) is 61.5 Å². The number of nitrogens with one attached hydrogen (secondary N) is 2. The zero-order chi connectivity index (χ0) is 34.1. The molecule has 250 valence electrons. The smallest absolute Gasteiger partial charge is 0.322 e. The Balaban J connectivity index is 1.17. The van der Waals surface area contributed by atoms with Crippen LogP contribution < -0.4 is 19.7 Å². The number of aliphatic carboxylic acids is 1. The number of hydrogen-bond acceptors (Lipinski definition) is 8. The number of hydrogen-bond donors (Lipinski definition) is 3. The largest absolute Gasteiger partial charge is 0.480 e. The van der Waals surface area contributed by atoms with Crippen LogP contribution in [0.25, 0.3) is 0 Å². The molecule has 4 aromatic rings. The minimum absolute atomic E-state index is 0.0157. The molecule has 5 rings (SSSR count).